The Morgan fingerprint density at radius 3 is 0.863 bits per heavy atom. The van der Waals surface area contributed by atoms with Crippen LogP contribution >= 0.6 is 0 Å². The number of carbonyl (C=O) groups is 3. The Labute approximate surface area is 453 Å². The van der Waals surface area contributed by atoms with Crippen molar-refractivity contribution < 1.29 is 28.6 Å². The van der Waals surface area contributed by atoms with Crippen LogP contribution in [0.25, 0.3) is 0 Å². The Morgan fingerprint density at radius 1 is 0.288 bits per heavy atom. The van der Waals surface area contributed by atoms with E-state index in [-0.39, 0.29) is 31.1 Å². The maximum atomic E-state index is 12.9. The highest BCUT2D eigenvalue weighted by atomic mass is 16.6. The molecular weight excluding hydrogens is 901 g/mol. The molecule has 0 saturated heterocycles. The number of hydrogen-bond donors (Lipinski definition) is 0. The van der Waals surface area contributed by atoms with Crippen molar-refractivity contribution in [3.63, 3.8) is 0 Å². The van der Waals surface area contributed by atoms with Gasteiger partial charge in [0.15, 0.2) is 6.10 Å². The third kappa shape index (κ3) is 59.9. The quantitative estimate of drug-likeness (QED) is 0.0261. The van der Waals surface area contributed by atoms with Gasteiger partial charge in [-0.25, -0.2) is 0 Å². The molecule has 0 amide bonds. The van der Waals surface area contributed by atoms with E-state index < -0.39 is 6.10 Å². The van der Waals surface area contributed by atoms with Crippen molar-refractivity contribution in [2.75, 3.05) is 13.2 Å². The third-order valence-corrected chi connectivity index (χ3v) is 14.0. The molecule has 0 heterocycles. The van der Waals surface area contributed by atoms with Crippen molar-refractivity contribution in [1.29, 1.82) is 0 Å². The molecule has 0 aliphatic heterocycles. The zero-order valence-corrected chi connectivity index (χ0v) is 48.7. The Morgan fingerprint density at radius 2 is 0.534 bits per heavy atom. The van der Waals surface area contributed by atoms with E-state index in [1.54, 1.807) is 0 Å². The van der Waals surface area contributed by atoms with Crippen LogP contribution in [0.3, 0.4) is 0 Å². The number of esters is 3. The molecule has 0 aromatic carbocycles. The summed E-state index contributed by atoms with van der Waals surface area (Å²) >= 11 is 0. The van der Waals surface area contributed by atoms with Gasteiger partial charge in [-0.2, -0.15) is 0 Å². The fourth-order valence-corrected chi connectivity index (χ4v) is 9.21. The second-order valence-corrected chi connectivity index (χ2v) is 21.3. The van der Waals surface area contributed by atoms with Crippen LogP contribution in [0.1, 0.15) is 329 Å². The first kappa shape index (κ1) is 70.1. The highest BCUT2D eigenvalue weighted by Crippen LogP contribution is 2.16. The summed E-state index contributed by atoms with van der Waals surface area (Å²) in [7, 11) is 0. The van der Waals surface area contributed by atoms with Crippen LogP contribution in [0.5, 0.6) is 0 Å². The number of hydrogen-bond acceptors (Lipinski definition) is 6. The molecule has 0 spiro atoms. The summed E-state index contributed by atoms with van der Waals surface area (Å²) in [6.07, 6.45) is 78.0. The zero-order chi connectivity index (χ0) is 52.9. The smallest absolute Gasteiger partial charge is 0.306 e. The van der Waals surface area contributed by atoms with E-state index in [0.29, 0.717) is 19.3 Å². The number of unbranched alkanes of at least 4 members (excludes halogenated alkanes) is 37. The Balaban J connectivity index is 4.33. The molecule has 0 radical (unpaired) electrons. The lowest BCUT2D eigenvalue weighted by Gasteiger charge is -2.18. The average molecular weight is 1020 g/mol. The molecule has 73 heavy (non-hydrogen) atoms. The Bertz CT molecular complexity index is 1310. The van der Waals surface area contributed by atoms with E-state index in [9.17, 15) is 14.4 Å². The standard InChI is InChI=1S/C67H120O6/c1-4-7-10-13-16-19-22-25-27-29-31-33-35-37-39-42-45-48-51-54-57-60-66(69)72-63-64(62-71-65(68)59-56-53-50-47-44-41-24-21-18-15-12-9-6-3)73-67(70)61-58-55-52-49-46-43-40-38-36-34-32-30-28-26-23-20-17-14-11-8-5-2/h9,12,18,21,29-32,41,44,64H,4-8,10-11,13-17,19-20,22-28,33-40,42-43,45-63H2,1-3H3/b12-9-,21-18-,31-29-,32-30-,44-41-. The van der Waals surface area contributed by atoms with Gasteiger partial charge in [-0.15, -0.1) is 0 Å². The zero-order valence-electron chi connectivity index (χ0n) is 48.7. The summed E-state index contributed by atoms with van der Waals surface area (Å²) < 4.78 is 16.9. The summed E-state index contributed by atoms with van der Waals surface area (Å²) in [6, 6.07) is 0. The second kappa shape index (κ2) is 61.7. The second-order valence-electron chi connectivity index (χ2n) is 21.3. The van der Waals surface area contributed by atoms with Crippen molar-refractivity contribution in [2.24, 2.45) is 0 Å². The lowest BCUT2D eigenvalue weighted by molar-refractivity contribution is -0.167. The SMILES string of the molecule is CC/C=C\C/C=C\C/C=C\CCCCCC(=O)OCC(COC(=O)CCCCCCCCCCC/C=C\CCCCCCCCCC)OC(=O)CCCCCCCCCCC/C=C\CCCCCCCCCC. The predicted octanol–water partition coefficient (Wildman–Crippen LogP) is 21.6. The molecule has 0 bridgehead atoms. The maximum absolute atomic E-state index is 12.9. The van der Waals surface area contributed by atoms with E-state index in [2.05, 4.69) is 81.5 Å². The first-order valence-electron chi connectivity index (χ1n) is 31.8. The van der Waals surface area contributed by atoms with Crippen LogP contribution in [-0.4, -0.2) is 37.2 Å². The molecule has 0 fully saturated rings. The lowest BCUT2D eigenvalue weighted by Crippen LogP contribution is -2.30. The molecule has 0 rings (SSSR count). The molecule has 424 valence electrons. The predicted molar refractivity (Wildman–Crippen MR) is 316 cm³/mol. The van der Waals surface area contributed by atoms with Crippen LogP contribution in [0.2, 0.25) is 0 Å². The van der Waals surface area contributed by atoms with Gasteiger partial charge < -0.3 is 14.2 Å². The molecule has 6 nitrogen and oxygen atoms in total. The summed E-state index contributed by atoms with van der Waals surface area (Å²) in [6.45, 7) is 6.54. The molecular formula is C67H120O6. The maximum Gasteiger partial charge on any atom is 0.306 e. The molecule has 1 atom stereocenters. The number of allylic oxidation sites excluding steroid dienone is 10. The van der Waals surface area contributed by atoms with Gasteiger partial charge in [0, 0.05) is 19.3 Å². The summed E-state index contributed by atoms with van der Waals surface area (Å²) in [5.74, 6) is -0.903. The van der Waals surface area contributed by atoms with Crippen LogP contribution in [0, 0.1) is 0 Å². The molecule has 1 unspecified atom stereocenters. The lowest BCUT2D eigenvalue weighted by atomic mass is 10.1. The van der Waals surface area contributed by atoms with Crippen LogP contribution in [0.4, 0.5) is 0 Å². The molecule has 0 aliphatic rings. The highest BCUT2D eigenvalue weighted by molar-refractivity contribution is 5.71. The first-order chi connectivity index (χ1) is 36.0. The Hall–Kier alpha value is -2.89. The molecule has 0 aliphatic carbocycles. The topological polar surface area (TPSA) is 78.9 Å². The van der Waals surface area contributed by atoms with Gasteiger partial charge in [-0.05, 0) is 103 Å². The summed E-state index contributed by atoms with van der Waals surface area (Å²) in [5.41, 5.74) is 0. The van der Waals surface area contributed by atoms with Gasteiger partial charge >= 0.3 is 17.9 Å². The molecule has 0 saturated carbocycles. The number of carbonyl (C=O) groups excluding carboxylic acids is 3. The molecule has 6 heteroatoms. The fourth-order valence-electron chi connectivity index (χ4n) is 9.21. The van der Waals surface area contributed by atoms with Gasteiger partial charge in [0.1, 0.15) is 13.2 Å². The number of rotatable bonds is 58. The number of ether oxygens (including phenoxy) is 3. The van der Waals surface area contributed by atoms with Gasteiger partial charge in [0.2, 0.25) is 0 Å². The van der Waals surface area contributed by atoms with Crippen LogP contribution in [-0.2, 0) is 28.6 Å². The molecule has 0 aromatic heterocycles. The minimum absolute atomic E-state index is 0.0839. The summed E-state index contributed by atoms with van der Waals surface area (Å²) in [4.78, 5) is 38.3. The average Bonchev–Trinajstić information content (AvgIpc) is 3.39. The van der Waals surface area contributed by atoms with Gasteiger partial charge in [-0.3, -0.25) is 14.4 Å². The van der Waals surface area contributed by atoms with E-state index in [0.717, 1.165) is 83.5 Å². The van der Waals surface area contributed by atoms with Crippen molar-refractivity contribution in [2.45, 2.75) is 335 Å². The first-order valence-corrected chi connectivity index (χ1v) is 31.8. The van der Waals surface area contributed by atoms with E-state index >= 15 is 0 Å². The van der Waals surface area contributed by atoms with E-state index in [1.807, 2.05) is 0 Å². The minimum Gasteiger partial charge on any atom is -0.462 e. The van der Waals surface area contributed by atoms with Crippen LogP contribution < -0.4 is 0 Å². The monoisotopic (exact) mass is 1020 g/mol. The Kier molecular flexibility index (Phi) is 59.2. The van der Waals surface area contributed by atoms with Crippen molar-refractivity contribution in [3.05, 3.63) is 60.8 Å². The van der Waals surface area contributed by atoms with E-state index in [4.69, 9.17) is 14.2 Å². The van der Waals surface area contributed by atoms with Gasteiger partial charge in [0.05, 0.1) is 0 Å². The minimum atomic E-state index is -0.789. The van der Waals surface area contributed by atoms with Crippen molar-refractivity contribution in [1.82, 2.24) is 0 Å². The molecule has 0 aromatic rings. The fraction of sp³-hybridized carbons (Fsp3) is 0.806. The highest BCUT2D eigenvalue weighted by Gasteiger charge is 2.19. The van der Waals surface area contributed by atoms with E-state index in [1.165, 1.54) is 205 Å². The van der Waals surface area contributed by atoms with Gasteiger partial charge in [-0.1, -0.05) is 268 Å². The van der Waals surface area contributed by atoms with Crippen molar-refractivity contribution in [3.8, 4) is 0 Å². The third-order valence-electron chi connectivity index (χ3n) is 14.0. The normalized spacial score (nSPS) is 12.4. The largest absolute Gasteiger partial charge is 0.462 e. The van der Waals surface area contributed by atoms with Crippen molar-refractivity contribution >= 4 is 17.9 Å². The molecule has 0 N–H and O–H groups in total. The summed E-state index contributed by atoms with van der Waals surface area (Å²) in [5, 5.41) is 0. The van der Waals surface area contributed by atoms with Crippen LogP contribution in [0.15, 0.2) is 60.8 Å². The van der Waals surface area contributed by atoms with Gasteiger partial charge in [0.25, 0.3) is 0 Å².